The molecule has 0 aliphatic heterocycles. The van der Waals surface area contributed by atoms with Gasteiger partial charge in [0.15, 0.2) is 0 Å². The van der Waals surface area contributed by atoms with Gasteiger partial charge in [0, 0.05) is 0 Å². The van der Waals surface area contributed by atoms with E-state index in [4.69, 9.17) is 3.32 Å². The molecule has 0 aliphatic rings. The number of rotatable bonds is 1. The second-order valence-corrected chi connectivity index (χ2v) is 7.25. The number of hydrogen-bond donors (Lipinski definition) is 0. The van der Waals surface area contributed by atoms with Crippen molar-refractivity contribution in [3.63, 3.8) is 0 Å². The van der Waals surface area contributed by atoms with Crippen LogP contribution in [0, 0.1) is 0 Å². The maximum atomic E-state index is 8.25. The molecule has 0 aromatic carbocycles. The van der Waals surface area contributed by atoms with E-state index < -0.39 is 0 Å². The predicted molar refractivity (Wildman–Crippen MR) is 15.9 cm³/mol. The summed E-state index contributed by atoms with van der Waals surface area (Å²) in [5.74, 6) is 0. The molecule has 0 aliphatic carbocycles. The molecule has 0 unspecified atom stereocenters. The van der Waals surface area contributed by atoms with Crippen LogP contribution in [0.3, 0.4) is 0 Å². The van der Waals surface area contributed by atoms with Crippen LogP contribution in [0.2, 0.25) is 0 Å². The molecule has 0 fully saturated rings. The molecular weight excluding hydrogens is 320 g/mol. The average Bonchev–Trinajstić information content (AvgIpc) is 1.72. The van der Waals surface area contributed by atoms with Crippen LogP contribution in [0.15, 0.2) is 0 Å². The molecule has 0 aromatic heterocycles. The van der Waals surface area contributed by atoms with E-state index in [9.17, 15) is 0 Å². The fourth-order valence-electron chi connectivity index (χ4n) is 0. The average molecular weight is 320 g/mol. The molecule has 0 saturated heterocycles. The summed E-state index contributed by atoms with van der Waals surface area (Å²) < 4.78 is 8.25. The van der Waals surface area contributed by atoms with Gasteiger partial charge in [-0.25, -0.2) is 0 Å². The van der Waals surface area contributed by atoms with Crippen molar-refractivity contribution in [1.29, 1.82) is 0 Å². The van der Waals surface area contributed by atoms with E-state index in [1.165, 1.54) is 0 Å². The molecule has 0 heterocycles. The molecule has 0 rings (SSSR count). The molecule has 1 nitrogen and oxygen atoms in total. The summed E-state index contributed by atoms with van der Waals surface area (Å²) in [6.45, 7) is 0. The van der Waals surface area contributed by atoms with Gasteiger partial charge in [0.1, 0.15) is 0 Å². The fourth-order valence-corrected chi connectivity index (χ4v) is 0. The Balaban J connectivity index is 0. The standard InChI is InChI=1S/2Mo.O.S2.Ti/c;;;1-2;/q2*+1;;-2;. The second kappa shape index (κ2) is 15.6. The molecule has 0 N–H and O–H groups in total. The SMILES string of the molecule is [Mo][S][S][Mo].[O]=[Ti]. The molecule has 0 saturated carbocycles. The van der Waals surface area contributed by atoms with Crippen molar-refractivity contribution in [3.8, 4) is 0 Å². The number of hydrogen-bond acceptors (Lipinski definition) is 3. The Morgan fingerprint density at radius 1 is 1.17 bits per heavy atom. The minimum absolute atomic E-state index is 0.750. The van der Waals surface area contributed by atoms with Crippen molar-refractivity contribution in [2.75, 3.05) is 0 Å². The Morgan fingerprint density at radius 2 is 1.33 bits per heavy atom. The van der Waals surface area contributed by atoms with Gasteiger partial charge >= 0.3 is 77.8 Å². The van der Waals surface area contributed by atoms with Crippen molar-refractivity contribution in [2.24, 2.45) is 0 Å². The molecule has 0 aromatic rings. The zero-order chi connectivity index (χ0) is 5.41. The monoisotopic (exact) mass is 324 g/mol. The van der Waals surface area contributed by atoms with Crippen LogP contribution in [-0.2, 0) is 60.8 Å². The first-order chi connectivity index (χ1) is 2.91. The van der Waals surface area contributed by atoms with Gasteiger partial charge in [-0.05, 0) is 0 Å². The van der Waals surface area contributed by atoms with Gasteiger partial charge in [-0.2, -0.15) is 0 Å². The first-order valence-electron chi connectivity index (χ1n) is 0.704. The van der Waals surface area contributed by atoms with Crippen molar-refractivity contribution in [1.82, 2.24) is 0 Å². The van der Waals surface area contributed by atoms with Gasteiger partial charge in [0.05, 0.1) is 0 Å². The Kier molecular flexibility index (Phi) is 29.7. The maximum absolute atomic E-state index is 8.25. The first kappa shape index (κ1) is 11.4. The molecule has 0 amide bonds. The quantitative estimate of drug-likeness (QED) is 0.533. The Morgan fingerprint density at radius 3 is 1.33 bits per heavy atom. The topological polar surface area (TPSA) is 17.1 Å². The first-order valence-corrected chi connectivity index (χ1v) is 8.26. The van der Waals surface area contributed by atoms with E-state index in [-0.39, 0.29) is 0 Å². The Hall–Kier alpha value is 2.59. The van der Waals surface area contributed by atoms with Crippen LogP contribution in [0.5, 0.6) is 0 Å². The van der Waals surface area contributed by atoms with Crippen LogP contribution in [-0.4, -0.2) is 0 Å². The summed E-state index contributed by atoms with van der Waals surface area (Å²) in [5, 5.41) is 0. The van der Waals surface area contributed by atoms with E-state index in [0.717, 1.165) is 20.4 Å². The molecule has 0 radical (unpaired) electrons. The third-order valence-electron chi connectivity index (χ3n) is 0.0278. The van der Waals surface area contributed by atoms with Crippen molar-refractivity contribution < 1.29 is 60.8 Å². The summed E-state index contributed by atoms with van der Waals surface area (Å²) in [5.41, 5.74) is 0. The van der Waals surface area contributed by atoms with Crippen molar-refractivity contribution in [3.05, 3.63) is 0 Å². The zero-order valence-electron chi connectivity index (χ0n) is 2.54. The van der Waals surface area contributed by atoms with Crippen molar-refractivity contribution in [2.45, 2.75) is 0 Å². The van der Waals surface area contributed by atoms with Crippen LogP contribution in [0.25, 0.3) is 0 Å². The molecular formula is Mo2OS2Ti. The molecule has 34 valence electrons. The van der Waals surface area contributed by atoms with Crippen LogP contribution >= 0.6 is 17.0 Å². The fraction of sp³-hybridized carbons (Fsp3) is 0. The molecule has 0 atom stereocenters. The molecule has 6 heteroatoms. The third kappa shape index (κ3) is 16.0. The van der Waals surface area contributed by atoms with Gasteiger partial charge < -0.3 is 0 Å². The van der Waals surface area contributed by atoms with Gasteiger partial charge in [0.25, 0.3) is 0 Å². The summed E-state index contributed by atoms with van der Waals surface area (Å²) in [6, 6.07) is 0. The summed E-state index contributed by atoms with van der Waals surface area (Å²) in [7, 11) is 3.58. The molecule has 6 heavy (non-hydrogen) atoms. The third-order valence-corrected chi connectivity index (χ3v) is 8.75. The van der Waals surface area contributed by atoms with Crippen LogP contribution in [0.4, 0.5) is 0 Å². The zero-order valence-corrected chi connectivity index (χ0v) is 9.75. The van der Waals surface area contributed by atoms with Crippen LogP contribution < -0.4 is 0 Å². The van der Waals surface area contributed by atoms with Gasteiger partial charge in [0.2, 0.25) is 0 Å². The normalized spacial score (nSPS) is 5.17. The van der Waals surface area contributed by atoms with Gasteiger partial charge in [-0.15, -0.1) is 0 Å². The Labute approximate surface area is 76.5 Å². The van der Waals surface area contributed by atoms with Crippen molar-refractivity contribution >= 4 is 17.0 Å². The minimum atomic E-state index is 0.750. The summed E-state index contributed by atoms with van der Waals surface area (Å²) in [6.07, 6.45) is 0. The molecule has 0 spiro atoms. The predicted octanol–water partition coefficient (Wildman–Crippen LogP) is 1.17. The second-order valence-electron chi connectivity index (χ2n) is 0.136. The van der Waals surface area contributed by atoms with E-state index in [2.05, 4.69) is 0 Å². The summed E-state index contributed by atoms with van der Waals surface area (Å²) >= 11 is 4.76. The van der Waals surface area contributed by atoms with Crippen LogP contribution in [0.1, 0.15) is 0 Å². The van der Waals surface area contributed by atoms with E-state index >= 15 is 0 Å². The Bertz CT molecular complexity index is 19.0. The van der Waals surface area contributed by atoms with Gasteiger partial charge in [-0.3, -0.25) is 0 Å². The van der Waals surface area contributed by atoms with E-state index in [0.29, 0.717) is 0 Å². The van der Waals surface area contributed by atoms with E-state index in [1.807, 2.05) is 37.1 Å². The molecule has 0 bridgehead atoms. The van der Waals surface area contributed by atoms with Gasteiger partial charge in [-0.1, -0.05) is 0 Å². The summed E-state index contributed by atoms with van der Waals surface area (Å²) in [4.78, 5) is 0. The van der Waals surface area contributed by atoms with E-state index in [1.54, 1.807) is 17.0 Å².